The van der Waals surface area contributed by atoms with Crippen LogP contribution in [0.2, 0.25) is 0 Å². The molecule has 4 rings (SSSR count). The number of fused-ring (bicyclic) bond motifs is 1. The Morgan fingerprint density at radius 1 is 1.22 bits per heavy atom. The molecule has 0 spiro atoms. The highest BCUT2D eigenvalue weighted by Gasteiger charge is 2.30. The molecule has 4 heterocycles. The molecule has 0 aliphatic carbocycles. The molecule has 0 N–H and O–H groups in total. The van der Waals surface area contributed by atoms with Gasteiger partial charge in [-0.3, -0.25) is 9.69 Å². The van der Waals surface area contributed by atoms with E-state index in [0.29, 0.717) is 19.1 Å². The van der Waals surface area contributed by atoms with E-state index in [-0.39, 0.29) is 5.91 Å². The van der Waals surface area contributed by atoms with Crippen LogP contribution in [0.25, 0.3) is 0 Å². The van der Waals surface area contributed by atoms with E-state index in [0.717, 1.165) is 70.3 Å². The molecule has 1 aromatic rings. The smallest absolute Gasteiger partial charge is 0.237 e. The number of morpholine rings is 1. The van der Waals surface area contributed by atoms with Crippen LogP contribution in [0.1, 0.15) is 17.7 Å². The molecular weight excluding hydrogens is 344 g/mol. The monoisotopic (exact) mass is 374 g/mol. The zero-order valence-electron chi connectivity index (χ0n) is 16.4. The van der Waals surface area contributed by atoms with Crippen molar-refractivity contribution in [1.29, 1.82) is 0 Å². The number of rotatable bonds is 4. The predicted molar refractivity (Wildman–Crippen MR) is 103 cm³/mol. The molecule has 27 heavy (non-hydrogen) atoms. The van der Waals surface area contributed by atoms with Gasteiger partial charge in [-0.1, -0.05) is 0 Å². The number of likely N-dealkylation sites (N-methyl/N-ethyl adjacent to an activating group) is 1. The summed E-state index contributed by atoms with van der Waals surface area (Å²) in [6, 6.07) is 0.559. The number of nitrogens with zero attached hydrogens (tertiary/aromatic N) is 6. The van der Waals surface area contributed by atoms with E-state index in [1.165, 1.54) is 5.56 Å². The number of aromatic nitrogens is 2. The van der Waals surface area contributed by atoms with Gasteiger partial charge in [0.2, 0.25) is 5.91 Å². The van der Waals surface area contributed by atoms with Crippen molar-refractivity contribution in [2.45, 2.75) is 25.4 Å². The summed E-state index contributed by atoms with van der Waals surface area (Å²) < 4.78 is 5.45. The summed E-state index contributed by atoms with van der Waals surface area (Å²) in [4.78, 5) is 30.6. The lowest BCUT2D eigenvalue weighted by Crippen LogP contribution is -2.44. The fraction of sp³-hybridized carbons (Fsp3) is 0.737. The minimum Gasteiger partial charge on any atom is -0.378 e. The zero-order chi connectivity index (χ0) is 18.8. The molecule has 3 aliphatic rings. The van der Waals surface area contributed by atoms with Crippen LogP contribution < -0.4 is 4.90 Å². The van der Waals surface area contributed by atoms with Crippen LogP contribution in [0.15, 0.2) is 6.33 Å². The molecule has 0 saturated carbocycles. The fourth-order valence-electron chi connectivity index (χ4n) is 4.27. The Labute approximate surface area is 161 Å². The summed E-state index contributed by atoms with van der Waals surface area (Å²) in [5.41, 5.74) is 2.20. The van der Waals surface area contributed by atoms with Gasteiger partial charge in [0.25, 0.3) is 0 Å². The summed E-state index contributed by atoms with van der Waals surface area (Å²) in [5, 5.41) is 0. The van der Waals surface area contributed by atoms with Gasteiger partial charge >= 0.3 is 0 Å². The maximum atomic E-state index is 12.8. The number of carbonyl (C=O) groups is 1. The minimum absolute atomic E-state index is 0.214. The molecule has 2 fully saturated rings. The molecule has 1 aromatic heterocycles. The van der Waals surface area contributed by atoms with Gasteiger partial charge in [-0.15, -0.1) is 0 Å². The average molecular weight is 374 g/mol. The van der Waals surface area contributed by atoms with Crippen molar-refractivity contribution in [1.82, 2.24) is 24.7 Å². The van der Waals surface area contributed by atoms with Crippen molar-refractivity contribution in [3.63, 3.8) is 0 Å². The fourth-order valence-corrected chi connectivity index (χ4v) is 4.27. The first-order valence-corrected chi connectivity index (χ1v) is 9.94. The standard InChI is InChI=1S/C19H30N6O2/c1-22(2)15-3-5-23(11-15)13-18(26)25-6-4-16-17(12-25)20-14-21-19(16)24-7-9-27-10-8-24/h14-15H,3-13H2,1-2H3/t15-/m0/s1. The molecule has 8 heteroatoms. The van der Waals surface area contributed by atoms with E-state index < -0.39 is 0 Å². The van der Waals surface area contributed by atoms with Crippen LogP contribution >= 0.6 is 0 Å². The third-order valence-electron chi connectivity index (χ3n) is 5.98. The van der Waals surface area contributed by atoms with E-state index in [9.17, 15) is 4.79 Å². The predicted octanol–water partition coefficient (Wildman–Crippen LogP) is -0.166. The summed E-state index contributed by atoms with van der Waals surface area (Å²) >= 11 is 0. The molecule has 2 saturated heterocycles. The highest BCUT2D eigenvalue weighted by Crippen LogP contribution is 2.26. The van der Waals surface area contributed by atoms with Crippen LogP contribution in [0.3, 0.4) is 0 Å². The van der Waals surface area contributed by atoms with Gasteiger partial charge < -0.3 is 19.4 Å². The van der Waals surface area contributed by atoms with E-state index in [1.807, 2.05) is 4.90 Å². The van der Waals surface area contributed by atoms with Crippen molar-refractivity contribution < 1.29 is 9.53 Å². The first-order valence-electron chi connectivity index (χ1n) is 9.94. The van der Waals surface area contributed by atoms with E-state index in [4.69, 9.17) is 4.74 Å². The number of hydrogen-bond donors (Lipinski definition) is 0. The van der Waals surface area contributed by atoms with Crippen molar-refractivity contribution in [2.24, 2.45) is 0 Å². The van der Waals surface area contributed by atoms with Gasteiger partial charge in [0, 0.05) is 44.3 Å². The Morgan fingerprint density at radius 2 is 2.04 bits per heavy atom. The van der Waals surface area contributed by atoms with Crippen LogP contribution in [0, 0.1) is 0 Å². The second kappa shape index (κ2) is 8.08. The lowest BCUT2D eigenvalue weighted by atomic mass is 10.0. The van der Waals surface area contributed by atoms with Gasteiger partial charge in [0.05, 0.1) is 32.0 Å². The largest absolute Gasteiger partial charge is 0.378 e. The van der Waals surface area contributed by atoms with Gasteiger partial charge in [-0.25, -0.2) is 9.97 Å². The molecule has 8 nitrogen and oxygen atoms in total. The maximum absolute atomic E-state index is 12.8. The summed E-state index contributed by atoms with van der Waals surface area (Å²) in [7, 11) is 4.23. The van der Waals surface area contributed by atoms with Gasteiger partial charge in [0.1, 0.15) is 12.1 Å². The second-order valence-corrected chi connectivity index (χ2v) is 7.93. The number of amides is 1. The van der Waals surface area contributed by atoms with Crippen molar-refractivity contribution >= 4 is 11.7 Å². The topological polar surface area (TPSA) is 65.0 Å². The van der Waals surface area contributed by atoms with Gasteiger partial charge in [0.15, 0.2) is 0 Å². The minimum atomic E-state index is 0.214. The van der Waals surface area contributed by atoms with Crippen molar-refractivity contribution in [3.05, 3.63) is 17.6 Å². The molecule has 1 amide bonds. The molecule has 0 radical (unpaired) electrons. The number of likely N-dealkylation sites (tertiary alicyclic amines) is 1. The first-order chi connectivity index (χ1) is 13.1. The Balaban J connectivity index is 1.39. The molecule has 1 atom stereocenters. The normalized spacial score (nSPS) is 23.7. The highest BCUT2D eigenvalue weighted by molar-refractivity contribution is 5.78. The molecule has 3 aliphatic heterocycles. The molecule has 148 valence electrons. The van der Waals surface area contributed by atoms with Crippen molar-refractivity contribution in [3.8, 4) is 0 Å². The van der Waals surface area contributed by atoms with Crippen LogP contribution in [-0.4, -0.2) is 103 Å². The third kappa shape index (κ3) is 4.07. The summed E-state index contributed by atoms with van der Waals surface area (Å²) in [6.07, 6.45) is 3.61. The van der Waals surface area contributed by atoms with E-state index >= 15 is 0 Å². The Bertz CT molecular complexity index is 676. The lowest BCUT2D eigenvalue weighted by molar-refractivity contribution is -0.133. The second-order valence-electron chi connectivity index (χ2n) is 7.93. The maximum Gasteiger partial charge on any atom is 0.237 e. The zero-order valence-corrected chi connectivity index (χ0v) is 16.4. The molecule has 0 unspecified atom stereocenters. The summed E-state index contributed by atoms with van der Waals surface area (Å²) in [6.45, 7) is 7.07. The highest BCUT2D eigenvalue weighted by atomic mass is 16.5. The first kappa shape index (κ1) is 18.6. The van der Waals surface area contributed by atoms with Crippen molar-refractivity contribution in [2.75, 3.05) is 71.5 Å². The Morgan fingerprint density at radius 3 is 2.78 bits per heavy atom. The molecule has 0 bridgehead atoms. The van der Waals surface area contributed by atoms with Crippen LogP contribution in [-0.2, 0) is 22.5 Å². The number of hydrogen-bond acceptors (Lipinski definition) is 7. The van der Waals surface area contributed by atoms with Gasteiger partial charge in [-0.05, 0) is 26.9 Å². The van der Waals surface area contributed by atoms with Crippen LogP contribution in [0.5, 0.6) is 0 Å². The van der Waals surface area contributed by atoms with E-state index in [1.54, 1.807) is 6.33 Å². The Kier molecular flexibility index (Phi) is 5.56. The number of ether oxygens (including phenoxy) is 1. The SMILES string of the molecule is CN(C)[C@H]1CCN(CC(=O)N2CCc3c(ncnc3N3CCOCC3)C2)C1. The Hall–Kier alpha value is -1.77. The molecular formula is C19H30N6O2. The quantitative estimate of drug-likeness (QED) is 0.725. The van der Waals surface area contributed by atoms with Crippen LogP contribution in [0.4, 0.5) is 5.82 Å². The van der Waals surface area contributed by atoms with E-state index in [2.05, 4.69) is 38.8 Å². The molecule has 0 aromatic carbocycles. The van der Waals surface area contributed by atoms with Gasteiger partial charge in [-0.2, -0.15) is 0 Å². The lowest BCUT2D eigenvalue weighted by Gasteiger charge is -2.34. The number of carbonyl (C=O) groups excluding carboxylic acids is 1. The summed E-state index contributed by atoms with van der Waals surface area (Å²) in [5.74, 6) is 1.25. The average Bonchev–Trinajstić information content (AvgIpc) is 3.16. The number of anilines is 1. The third-order valence-corrected chi connectivity index (χ3v) is 5.98.